The zero-order chi connectivity index (χ0) is 23.3. The Morgan fingerprint density at radius 3 is 2.76 bits per heavy atom. The number of imidazole rings is 1. The summed E-state index contributed by atoms with van der Waals surface area (Å²) < 4.78 is 18.8. The lowest BCUT2D eigenvalue weighted by Gasteiger charge is -2.26. The van der Waals surface area contributed by atoms with E-state index in [1.54, 1.807) is 13.4 Å². The summed E-state index contributed by atoms with van der Waals surface area (Å²) in [5, 5.41) is 3.41. The number of methoxy groups -OCH3 is 1. The fraction of sp³-hybridized carbons (Fsp3) is 0.320. The molecule has 9 heteroatoms. The van der Waals surface area contributed by atoms with Crippen molar-refractivity contribution in [2.45, 2.75) is 6.92 Å². The monoisotopic (exact) mass is 460 g/mol. The summed E-state index contributed by atoms with van der Waals surface area (Å²) >= 11 is 0. The van der Waals surface area contributed by atoms with E-state index in [-0.39, 0.29) is 0 Å². The summed E-state index contributed by atoms with van der Waals surface area (Å²) in [6.07, 6.45) is 1.73. The van der Waals surface area contributed by atoms with Crippen molar-refractivity contribution in [3.63, 3.8) is 0 Å². The molecule has 0 atom stereocenters. The minimum absolute atomic E-state index is 0.487. The number of hydrogen-bond donors (Lipinski definition) is 1. The number of aromatic nitrogens is 4. The first-order valence-corrected chi connectivity index (χ1v) is 11.4. The molecule has 176 valence electrons. The van der Waals surface area contributed by atoms with Gasteiger partial charge in [0.1, 0.15) is 24.5 Å². The average molecular weight is 461 g/mol. The normalized spacial score (nSPS) is 14.3. The first-order valence-electron chi connectivity index (χ1n) is 11.4. The number of anilines is 2. The topological polar surface area (TPSA) is 86.6 Å². The zero-order valence-electron chi connectivity index (χ0n) is 19.4. The fourth-order valence-electron chi connectivity index (χ4n) is 3.88. The highest BCUT2D eigenvalue weighted by atomic mass is 16.5. The van der Waals surface area contributed by atoms with E-state index in [1.807, 2.05) is 60.0 Å². The summed E-state index contributed by atoms with van der Waals surface area (Å²) in [4.78, 5) is 16.3. The van der Waals surface area contributed by atoms with E-state index in [4.69, 9.17) is 19.2 Å². The van der Waals surface area contributed by atoms with Crippen LogP contribution < -0.4 is 14.8 Å². The average Bonchev–Trinajstić information content (AvgIpc) is 3.30. The second-order valence-corrected chi connectivity index (χ2v) is 8.10. The molecule has 0 unspecified atom stereocenters. The van der Waals surface area contributed by atoms with Crippen LogP contribution in [0.5, 0.6) is 11.6 Å². The molecule has 2 aromatic carbocycles. The zero-order valence-corrected chi connectivity index (χ0v) is 19.4. The van der Waals surface area contributed by atoms with Gasteiger partial charge in [0, 0.05) is 37.5 Å². The minimum Gasteiger partial charge on any atom is -0.497 e. The van der Waals surface area contributed by atoms with Crippen LogP contribution in [-0.2, 0) is 4.74 Å². The van der Waals surface area contributed by atoms with Gasteiger partial charge in [-0.2, -0.15) is 9.97 Å². The van der Waals surface area contributed by atoms with Gasteiger partial charge in [0.2, 0.25) is 11.8 Å². The van der Waals surface area contributed by atoms with Crippen LogP contribution in [0.1, 0.15) is 5.56 Å². The summed E-state index contributed by atoms with van der Waals surface area (Å²) in [5.41, 5.74) is 3.78. The molecule has 1 aliphatic rings. The van der Waals surface area contributed by atoms with Crippen LogP contribution in [0.15, 0.2) is 54.9 Å². The second-order valence-electron chi connectivity index (χ2n) is 8.10. The van der Waals surface area contributed by atoms with E-state index < -0.39 is 0 Å². The van der Waals surface area contributed by atoms with Crippen molar-refractivity contribution in [3.8, 4) is 17.6 Å². The largest absolute Gasteiger partial charge is 0.497 e. The molecule has 0 saturated carbocycles. The van der Waals surface area contributed by atoms with Crippen molar-refractivity contribution in [2.24, 2.45) is 0 Å². The molecular formula is C25H28N6O3. The number of benzene rings is 2. The van der Waals surface area contributed by atoms with Crippen molar-refractivity contribution in [1.29, 1.82) is 0 Å². The maximum absolute atomic E-state index is 6.08. The molecule has 0 aliphatic carbocycles. The van der Waals surface area contributed by atoms with Crippen LogP contribution in [0, 0.1) is 6.92 Å². The molecule has 0 radical (unpaired) electrons. The van der Waals surface area contributed by atoms with E-state index in [0.717, 1.165) is 60.9 Å². The van der Waals surface area contributed by atoms with Crippen LogP contribution in [0.2, 0.25) is 0 Å². The van der Waals surface area contributed by atoms with Crippen LogP contribution >= 0.6 is 0 Å². The molecule has 1 saturated heterocycles. The Morgan fingerprint density at radius 2 is 1.91 bits per heavy atom. The number of nitrogens with zero attached hydrogens (tertiary/aromatic N) is 5. The van der Waals surface area contributed by atoms with Crippen LogP contribution in [-0.4, -0.2) is 71.0 Å². The highest BCUT2D eigenvalue weighted by Crippen LogP contribution is 2.27. The molecule has 0 spiro atoms. The van der Waals surface area contributed by atoms with Crippen molar-refractivity contribution in [1.82, 2.24) is 24.4 Å². The predicted octanol–water partition coefficient (Wildman–Crippen LogP) is 3.59. The van der Waals surface area contributed by atoms with Gasteiger partial charge in [0.25, 0.3) is 0 Å². The van der Waals surface area contributed by atoms with Gasteiger partial charge in [-0.15, -0.1) is 0 Å². The molecular weight excluding hydrogens is 432 g/mol. The molecule has 1 aliphatic heterocycles. The van der Waals surface area contributed by atoms with E-state index in [0.29, 0.717) is 24.3 Å². The molecule has 4 aromatic rings. The number of rotatable bonds is 8. The lowest BCUT2D eigenvalue weighted by Crippen LogP contribution is -2.38. The lowest BCUT2D eigenvalue weighted by atomic mass is 10.2. The molecule has 0 amide bonds. The van der Waals surface area contributed by atoms with Gasteiger partial charge in [0.05, 0.1) is 31.4 Å². The van der Waals surface area contributed by atoms with Gasteiger partial charge in [-0.05, 0) is 30.7 Å². The third-order valence-electron chi connectivity index (χ3n) is 5.83. The SMILES string of the molecule is COc1ccc(C)c(Nc2cc(OCCN3CCOCC3)nc(-n3cnc4ccccc43)n2)c1. The number of morpholine rings is 1. The molecule has 1 N–H and O–H groups in total. The number of ether oxygens (including phenoxy) is 3. The van der Waals surface area contributed by atoms with E-state index in [1.165, 1.54) is 0 Å². The number of nitrogens with one attached hydrogen (secondary N) is 1. The Balaban J connectivity index is 1.45. The van der Waals surface area contributed by atoms with Crippen LogP contribution in [0.25, 0.3) is 17.0 Å². The van der Waals surface area contributed by atoms with Crippen molar-refractivity contribution in [3.05, 3.63) is 60.4 Å². The van der Waals surface area contributed by atoms with Crippen molar-refractivity contribution >= 4 is 22.5 Å². The maximum Gasteiger partial charge on any atom is 0.240 e. The molecule has 5 rings (SSSR count). The quantitative estimate of drug-likeness (QED) is 0.427. The van der Waals surface area contributed by atoms with Crippen LogP contribution in [0.3, 0.4) is 0 Å². The molecule has 9 nitrogen and oxygen atoms in total. The lowest BCUT2D eigenvalue weighted by molar-refractivity contribution is 0.0320. The Morgan fingerprint density at radius 1 is 1.06 bits per heavy atom. The standard InChI is InChI=1S/C25H28N6O3/c1-18-7-8-19(32-2)15-21(18)27-23-16-24(34-14-11-30-9-12-33-13-10-30)29-25(28-23)31-17-26-20-5-3-4-6-22(20)31/h3-8,15-17H,9-14H2,1-2H3,(H,27,28,29). The molecule has 34 heavy (non-hydrogen) atoms. The van der Waals surface area contributed by atoms with Gasteiger partial charge < -0.3 is 19.5 Å². The highest BCUT2D eigenvalue weighted by Gasteiger charge is 2.14. The van der Waals surface area contributed by atoms with E-state index in [9.17, 15) is 0 Å². The smallest absolute Gasteiger partial charge is 0.240 e. The Hall–Kier alpha value is -3.69. The van der Waals surface area contributed by atoms with Crippen molar-refractivity contribution in [2.75, 3.05) is 51.9 Å². The fourth-order valence-corrected chi connectivity index (χ4v) is 3.88. The Labute approximate surface area is 198 Å². The van der Waals surface area contributed by atoms with E-state index >= 15 is 0 Å². The third-order valence-corrected chi connectivity index (χ3v) is 5.83. The highest BCUT2D eigenvalue weighted by molar-refractivity contribution is 5.76. The van der Waals surface area contributed by atoms with Gasteiger partial charge in [0.15, 0.2) is 0 Å². The van der Waals surface area contributed by atoms with Crippen LogP contribution in [0.4, 0.5) is 11.5 Å². The molecule has 3 heterocycles. The second kappa shape index (κ2) is 10.1. The number of fused-ring (bicyclic) bond motifs is 1. The summed E-state index contributed by atoms with van der Waals surface area (Å²) in [7, 11) is 1.65. The Kier molecular flexibility index (Phi) is 6.55. The summed E-state index contributed by atoms with van der Waals surface area (Å²) in [6, 6.07) is 15.6. The van der Waals surface area contributed by atoms with Gasteiger partial charge in [-0.25, -0.2) is 4.98 Å². The predicted molar refractivity (Wildman–Crippen MR) is 130 cm³/mol. The van der Waals surface area contributed by atoms with Crippen molar-refractivity contribution < 1.29 is 14.2 Å². The van der Waals surface area contributed by atoms with Gasteiger partial charge in [-0.1, -0.05) is 18.2 Å². The molecule has 1 fully saturated rings. The van der Waals surface area contributed by atoms with Gasteiger partial charge in [-0.3, -0.25) is 9.47 Å². The number of aryl methyl sites for hydroxylation is 1. The maximum atomic E-state index is 6.08. The minimum atomic E-state index is 0.487. The first kappa shape index (κ1) is 22.1. The number of para-hydroxylation sites is 2. The summed E-state index contributed by atoms with van der Waals surface area (Å²) in [5.74, 6) is 2.38. The van der Waals surface area contributed by atoms with Gasteiger partial charge >= 0.3 is 0 Å². The number of hydrogen-bond acceptors (Lipinski definition) is 8. The first-order chi connectivity index (χ1) is 16.7. The Bertz CT molecular complexity index is 1270. The third kappa shape index (κ3) is 4.95. The molecule has 2 aromatic heterocycles. The molecule has 0 bridgehead atoms. The van der Waals surface area contributed by atoms with E-state index in [2.05, 4.69) is 20.2 Å². The summed E-state index contributed by atoms with van der Waals surface area (Å²) in [6.45, 7) is 6.74.